The second-order valence-electron chi connectivity index (χ2n) is 6.97. The number of para-hydroxylation sites is 2. The molecule has 2 aromatic carbocycles. The van der Waals surface area contributed by atoms with Crippen LogP contribution in [0.3, 0.4) is 0 Å². The molecule has 0 fully saturated rings. The van der Waals surface area contributed by atoms with Crippen molar-refractivity contribution in [3.05, 3.63) is 48.0 Å². The summed E-state index contributed by atoms with van der Waals surface area (Å²) >= 11 is 5.57. The lowest BCUT2D eigenvalue weighted by Crippen LogP contribution is -2.48. The molecule has 0 saturated heterocycles. The first kappa shape index (κ1) is 18.7. The van der Waals surface area contributed by atoms with Crippen LogP contribution in [0.4, 0.5) is 5.69 Å². The average molecular weight is 400 g/mol. The number of ether oxygens (including phenoxy) is 3. The van der Waals surface area contributed by atoms with E-state index < -0.39 is 0 Å². The van der Waals surface area contributed by atoms with Crippen molar-refractivity contribution in [1.29, 1.82) is 0 Å². The average Bonchev–Trinajstić information content (AvgIpc) is 3.19. The van der Waals surface area contributed by atoms with Gasteiger partial charge in [0.15, 0.2) is 16.6 Å². The fourth-order valence-electron chi connectivity index (χ4n) is 3.53. The first-order valence-corrected chi connectivity index (χ1v) is 9.93. The van der Waals surface area contributed by atoms with Crippen molar-refractivity contribution in [1.82, 2.24) is 10.2 Å². The molecule has 2 aromatic rings. The molecule has 0 saturated carbocycles. The van der Waals surface area contributed by atoms with Crippen LogP contribution in [0, 0.1) is 0 Å². The maximum Gasteiger partial charge on any atom is 0.231 e. The number of nitrogens with one attached hydrogen (secondary N) is 1. The van der Waals surface area contributed by atoms with Gasteiger partial charge in [-0.2, -0.15) is 0 Å². The van der Waals surface area contributed by atoms with Crippen molar-refractivity contribution in [2.75, 3.05) is 38.4 Å². The van der Waals surface area contributed by atoms with Gasteiger partial charge < -0.3 is 29.3 Å². The first-order chi connectivity index (χ1) is 13.6. The minimum Gasteiger partial charge on any atom is -0.485 e. The number of thiocarbonyl (C=S) groups is 1. The highest BCUT2D eigenvalue weighted by Crippen LogP contribution is 2.33. The Hall–Kier alpha value is -2.67. The monoisotopic (exact) mass is 399 g/mol. The van der Waals surface area contributed by atoms with Gasteiger partial charge in [0.25, 0.3) is 0 Å². The molecule has 2 aliphatic heterocycles. The van der Waals surface area contributed by atoms with Crippen LogP contribution in [-0.4, -0.2) is 49.6 Å². The third-order valence-electron chi connectivity index (χ3n) is 5.01. The van der Waals surface area contributed by atoms with Crippen LogP contribution >= 0.6 is 12.2 Å². The summed E-state index contributed by atoms with van der Waals surface area (Å²) in [4.78, 5) is 4.38. The van der Waals surface area contributed by atoms with E-state index in [9.17, 15) is 0 Å². The van der Waals surface area contributed by atoms with Gasteiger partial charge in [0, 0.05) is 20.1 Å². The van der Waals surface area contributed by atoms with E-state index in [2.05, 4.69) is 23.2 Å². The lowest BCUT2D eigenvalue weighted by atomic mass is 10.2. The van der Waals surface area contributed by atoms with Crippen LogP contribution in [-0.2, 0) is 6.54 Å². The topological polar surface area (TPSA) is 46.2 Å². The summed E-state index contributed by atoms with van der Waals surface area (Å²) in [7, 11) is 2.00. The number of anilines is 1. The predicted molar refractivity (Wildman–Crippen MR) is 113 cm³/mol. The summed E-state index contributed by atoms with van der Waals surface area (Å²) in [5.74, 6) is 2.51. The Bertz CT molecular complexity index is 861. The van der Waals surface area contributed by atoms with E-state index in [0.29, 0.717) is 11.7 Å². The van der Waals surface area contributed by atoms with Crippen LogP contribution < -0.4 is 24.4 Å². The molecule has 0 spiro atoms. The molecular formula is C21H25N3O3S. The van der Waals surface area contributed by atoms with Gasteiger partial charge in [0.05, 0.1) is 18.8 Å². The summed E-state index contributed by atoms with van der Waals surface area (Å²) in [5.41, 5.74) is 2.26. The third-order valence-corrected chi connectivity index (χ3v) is 5.47. The van der Waals surface area contributed by atoms with Crippen LogP contribution in [0.2, 0.25) is 0 Å². The smallest absolute Gasteiger partial charge is 0.231 e. The maximum absolute atomic E-state index is 6.20. The Labute approximate surface area is 171 Å². The lowest BCUT2D eigenvalue weighted by molar-refractivity contribution is 0.168. The standard InChI is InChI=1S/C21H25N3O3S/c1-3-24-13-16(27-18-7-5-4-6-17(18)24)12-23(2)21(28)22-11-15-8-9-19-20(10-15)26-14-25-19/h4-10,16H,3,11-14H2,1-2H3,(H,22,28)/t16-/m1/s1. The normalized spacial score (nSPS) is 16.9. The van der Waals surface area contributed by atoms with Gasteiger partial charge in [0.2, 0.25) is 6.79 Å². The zero-order valence-corrected chi connectivity index (χ0v) is 17.0. The minimum absolute atomic E-state index is 0.0603. The highest BCUT2D eigenvalue weighted by Gasteiger charge is 2.26. The van der Waals surface area contributed by atoms with Gasteiger partial charge in [-0.05, 0) is 49.0 Å². The van der Waals surface area contributed by atoms with Crippen molar-refractivity contribution >= 4 is 23.0 Å². The molecule has 1 atom stereocenters. The number of likely N-dealkylation sites (N-methyl/N-ethyl adjacent to an activating group) is 2. The fourth-order valence-corrected chi connectivity index (χ4v) is 3.67. The zero-order valence-electron chi connectivity index (χ0n) is 16.2. The van der Waals surface area contributed by atoms with E-state index >= 15 is 0 Å². The van der Waals surface area contributed by atoms with Crippen LogP contribution in [0.15, 0.2) is 42.5 Å². The van der Waals surface area contributed by atoms with Crippen molar-refractivity contribution in [2.45, 2.75) is 19.6 Å². The summed E-state index contributed by atoms with van der Waals surface area (Å²) < 4.78 is 17.0. The van der Waals surface area contributed by atoms with Gasteiger partial charge in [-0.1, -0.05) is 18.2 Å². The molecule has 0 unspecified atom stereocenters. The molecule has 2 aliphatic rings. The van der Waals surface area contributed by atoms with Gasteiger partial charge in [-0.15, -0.1) is 0 Å². The molecule has 0 bridgehead atoms. The molecule has 4 rings (SSSR count). The van der Waals surface area contributed by atoms with E-state index in [1.54, 1.807) is 0 Å². The van der Waals surface area contributed by atoms with Gasteiger partial charge >= 0.3 is 0 Å². The number of hydrogen-bond acceptors (Lipinski definition) is 5. The lowest BCUT2D eigenvalue weighted by Gasteiger charge is -2.37. The molecule has 28 heavy (non-hydrogen) atoms. The molecule has 148 valence electrons. The number of rotatable bonds is 5. The molecule has 0 amide bonds. The predicted octanol–water partition coefficient (Wildman–Crippen LogP) is 3.01. The van der Waals surface area contributed by atoms with E-state index in [-0.39, 0.29) is 12.9 Å². The van der Waals surface area contributed by atoms with E-state index in [4.69, 9.17) is 26.4 Å². The van der Waals surface area contributed by atoms with Crippen LogP contribution in [0.5, 0.6) is 17.2 Å². The van der Waals surface area contributed by atoms with Crippen molar-refractivity contribution in [3.63, 3.8) is 0 Å². The van der Waals surface area contributed by atoms with Crippen molar-refractivity contribution in [2.24, 2.45) is 0 Å². The molecule has 7 heteroatoms. The van der Waals surface area contributed by atoms with Crippen molar-refractivity contribution < 1.29 is 14.2 Å². The summed E-state index contributed by atoms with van der Waals surface area (Å²) in [6.07, 6.45) is 0.0603. The van der Waals surface area contributed by atoms with E-state index in [1.807, 2.05) is 48.3 Å². The second-order valence-corrected chi connectivity index (χ2v) is 7.36. The Morgan fingerprint density at radius 1 is 1.18 bits per heavy atom. The number of benzene rings is 2. The summed E-state index contributed by atoms with van der Waals surface area (Å²) in [6, 6.07) is 14.1. The Kier molecular flexibility index (Phi) is 5.43. The Balaban J connectivity index is 1.32. The minimum atomic E-state index is 0.0603. The highest BCUT2D eigenvalue weighted by atomic mass is 32.1. The highest BCUT2D eigenvalue weighted by molar-refractivity contribution is 7.80. The quantitative estimate of drug-likeness (QED) is 0.776. The van der Waals surface area contributed by atoms with Crippen LogP contribution in [0.25, 0.3) is 0 Å². The number of nitrogens with zero attached hydrogens (tertiary/aromatic N) is 2. The van der Waals surface area contributed by atoms with Gasteiger partial charge in [-0.3, -0.25) is 0 Å². The molecule has 0 aliphatic carbocycles. The Morgan fingerprint density at radius 2 is 2.00 bits per heavy atom. The zero-order chi connectivity index (χ0) is 19.5. The third kappa shape index (κ3) is 3.94. The number of fused-ring (bicyclic) bond motifs is 2. The molecular weight excluding hydrogens is 374 g/mol. The van der Waals surface area contributed by atoms with Crippen molar-refractivity contribution in [3.8, 4) is 17.2 Å². The molecule has 0 aromatic heterocycles. The number of hydrogen-bond donors (Lipinski definition) is 1. The molecule has 2 heterocycles. The first-order valence-electron chi connectivity index (χ1n) is 9.52. The fraction of sp³-hybridized carbons (Fsp3) is 0.381. The second kappa shape index (κ2) is 8.14. The molecule has 1 N–H and O–H groups in total. The summed E-state index contributed by atoms with van der Waals surface area (Å²) in [5, 5.41) is 4.01. The van der Waals surface area contributed by atoms with Crippen LogP contribution in [0.1, 0.15) is 12.5 Å². The maximum atomic E-state index is 6.20. The largest absolute Gasteiger partial charge is 0.485 e. The van der Waals surface area contributed by atoms with Gasteiger partial charge in [-0.25, -0.2) is 0 Å². The van der Waals surface area contributed by atoms with Gasteiger partial charge in [0.1, 0.15) is 11.9 Å². The molecule has 0 radical (unpaired) electrons. The SMILES string of the molecule is CCN1C[C@@H](CN(C)C(=S)NCc2ccc3c(c2)OCO3)Oc2ccccc21. The molecule has 6 nitrogen and oxygen atoms in total. The van der Waals surface area contributed by atoms with E-state index in [1.165, 1.54) is 0 Å². The Morgan fingerprint density at radius 3 is 2.86 bits per heavy atom. The summed E-state index contributed by atoms with van der Waals surface area (Å²) in [6.45, 7) is 5.61. The van der Waals surface area contributed by atoms with E-state index in [0.717, 1.165) is 48.1 Å².